The Morgan fingerprint density at radius 3 is 2.56 bits per heavy atom. The molecule has 8 heteroatoms. The minimum Gasteiger partial charge on any atom is -0.495 e. The predicted molar refractivity (Wildman–Crippen MR) is 103 cm³/mol. The fourth-order valence-electron chi connectivity index (χ4n) is 2.68. The Morgan fingerprint density at radius 2 is 1.93 bits per heavy atom. The van der Waals surface area contributed by atoms with E-state index in [1.54, 1.807) is 6.07 Å². The first-order valence-electron chi connectivity index (χ1n) is 8.70. The van der Waals surface area contributed by atoms with E-state index in [1.807, 2.05) is 30.3 Å². The molecule has 2 aromatic rings. The molecule has 0 aliphatic heterocycles. The van der Waals surface area contributed by atoms with Crippen LogP contribution in [-0.4, -0.2) is 27.5 Å². The maximum Gasteiger partial charge on any atom is 0.244 e. The quantitative estimate of drug-likeness (QED) is 0.641. The van der Waals surface area contributed by atoms with Crippen LogP contribution in [0.15, 0.2) is 53.4 Å². The van der Waals surface area contributed by atoms with Gasteiger partial charge in [0.2, 0.25) is 15.9 Å². The summed E-state index contributed by atoms with van der Waals surface area (Å²) in [5.41, 5.74) is 7.30. The van der Waals surface area contributed by atoms with Crippen LogP contribution in [-0.2, 0) is 14.8 Å². The van der Waals surface area contributed by atoms with Crippen LogP contribution in [0, 0.1) is 0 Å². The smallest absolute Gasteiger partial charge is 0.244 e. The molecule has 1 saturated carbocycles. The van der Waals surface area contributed by atoms with E-state index in [0.29, 0.717) is 5.69 Å². The van der Waals surface area contributed by atoms with Gasteiger partial charge in [-0.25, -0.2) is 13.1 Å². The van der Waals surface area contributed by atoms with E-state index in [1.165, 1.54) is 19.2 Å². The average molecular weight is 389 g/mol. The first-order chi connectivity index (χ1) is 12.9. The second-order valence-corrected chi connectivity index (χ2v) is 8.21. The standard InChI is InChI=1S/C19H23N3O4S/c1-26-17-10-9-15(11-18(17)27(24,25)22-14-7-8-14)21-19(23)12-16(20)13-5-3-2-4-6-13/h2-6,9-11,14,16,22H,7-8,12,20H2,1H3,(H,21,23). The molecule has 1 amide bonds. The van der Waals surface area contributed by atoms with Crippen LogP contribution in [0.3, 0.4) is 0 Å². The number of nitrogens with two attached hydrogens (primary N) is 1. The highest BCUT2D eigenvalue weighted by Gasteiger charge is 2.30. The first-order valence-corrected chi connectivity index (χ1v) is 10.2. The lowest BCUT2D eigenvalue weighted by Crippen LogP contribution is -2.26. The topological polar surface area (TPSA) is 111 Å². The van der Waals surface area contributed by atoms with Gasteiger partial charge in [-0.2, -0.15) is 0 Å². The number of benzene rings is 2. The van der Waals surface area contributed by atoms with Gasteiger partial charge in [0.15, 0.2) is 0 Å². The zero-order valence-corrected chi connectivity index (χ0v) is 15.8. The molecular weight excluding hydrogens is 366 g/mol. The number of methoxy groups -OCH3 is 1. The Bertz CT molecular complexity index is 912. The SMILES string of the molecule is COc1ccc(NC(=O)CC(N)c2ccccc2)cc1S(=O)(=O)NC1CC1. The number of carbonyl (C=O) groups excluding carboxylic acids is 1. The zero-order chi connectivity index (χ0) is 19.4. The van der Waals surface area contributed by atoms with Gasteiger partial charge in [0, 0.05) is 24.2 Å². The Hall–Kier alpha value is -2.42. The summed E-state index contributed by atoms with van der Waals surface area (Å²) in [6, 6.07) is 13.4. The van der Waals surface area contributed by atoms with Crippen LogP contribution in [0.25, 0.3) is 0 Å². The number of hydrogen-bond donors (Lipinski definition) is 3. The summed E-state index contributed by atoms with van der Waals surface area (Å²) in [6.45, 7) is 0. The Kier molecular flexibility index (Phi) is 5.79. The number of anilines is 1. The summed E-state index contributed by atoms with van der Waals surface area (Å²) in [6.07, 6.45) is 1.74. The summed E-state index contributed by atoms with van der Waals surface area (Å²) >= 11 is 0. The third-order valence-electron chi connectivity index (χ3n) is 4.27. The highest BCUT2D eigenvalue weighted by Crippen LogP contribution is 2.30. The third kappa shape index (κ3) is 5.06. The maximum atomic E-state index is 12.5. The molecule has 1 aliphatic rings. The van der Waals surface area contributed by atoms with Crippen molar-refractivity contribution in [1.82, 2.24) is 4.72 Å². The van der Waals surface area contributed by atoms with E-state index >= 15 is 0 Å². The van der Waals surface area contributed by atoms with Crippen LogP contribution in [0.4, 0.5) is 5.69 Å². The molecule has 0 heterocycles. The number of ether oxygens (including phenoxy) is 1. The molecule has 0 radical (unpaired) electrons. The summed E-state index contributed by atoms with van der Waals surface area (Å²) in [5, 5.41) is 2.71. The van der Waals surface area contributed by atoms with Crippen molar-refractivity contribution < 1.29 is 17.9 Å². The lowest BCUT2D eigenvalue weighted by molar-refractivity contribution is -0.116. The highest BCUT2D eigenvalue weighted by molar-refractivity contribution is 7.89. The van der Waals surface area contributed by atoms with Crippen LogP contribution in [0.2, 0.25) is 0 Å². The largest absolute Gasteiger partial charge is 0.495 e. The van der Waals surface area contributed by atoms with Crippen LogP contribution < -0.4 is 20.5 Å². The normalized spacial score (nSPS) is 15.2. The summed E-state index contributed by atoms with van der Waals surface area (Å²) < 4.78 is 32.9. The first kappa shape index (κ1) is 19.3. The van der Waals surface area contributed by atoms with Crippen LogP contribution in [0.1, 0.15) is 30.9 Å². The highest BCUT2D eigenvalue weighted by atomic mass is 32.2. The monoisotopic (exact) mass is 389 g/mol. The van der Waals surface area contributed by atoms with Crippen molar-refractivity contribution in [2.24, 2.45) is 5.73 Å². The van der Waals surface area contributed by atoms with Gasteiger partial charge >= 0.3 is 0 Å². The van der Waals surface area contributed by atoms with Gasteiger partial charge in [-0.05, 0) is 36.6 Å². The molecule has 7 nitrogen and oxygen atoms in total. The van der Waals surface area contributed by atoms with Gasteiger partial charge in [-0.3, -0.25) is 4.79 Å². The molecule has 0 bridgehead atoms. The summed E-state index contributed by atoms with van der Waals surface area (Å²) in [4.78, 5) is 12.3. The Balaban J connectivity index is 1.73. The van der Waals surface area contributed by atoms with Crippen molar-refractivity contribution in [2.75, 3.05) is 12.4 Å². The number of hydrogen-bond acceptors (Lipinski definition) is 5. The number of rotatable bonds is 8. The zero-order valence-electron chi connectivity index (χ0n) is 15.0. The van der Waals surface area contributed by atoms with Crippen LogP contribution in [0.5, 0.6) is 5.75 Å². The molecule has 4 N–H and O–H groups in total. The average Bonchev–Trinajstić information content (AvgIpc) is 3.45. The number of carbonyl (C=O) groups is 1. The minimum absolute atomic E-state index is 0.00191. The molecule has 1 aliphatic carbocycles. The number of amides is 1. The van der Waals surface area contributed by atoms with Crippen molar-refractivity contribution in [3.63, 3.8) is 0 Å². The third-order valence-corrected chi connectivity index (χ3v) is 5.81. The Labute approximate surface area is 159 Å². The Morgan fingerprint density at radius 1 is 1.22 bits per heavy atom. The van der Waals surface area contributed by atoms with Crippen molar-refractivity contribution in [3.8, 4) is 5.75 Å². The van der Waals surface area contributed by atoms with E-state index < -0.39 is 16.1 Å². The van der Waals surface area contributed by atoms with Crippen molar-refractivity contribution in [1.29, 1.82) is 0 Å². The summed E-state index contributed by atoms with van der Waals surface area (Å²) in [5.74, 6) is -0.0721. The molecule has 3 rings (SSSR count). The second-order valence-electron chi connectivity index (χ2n) is 6.53. The second kappa shape index (κ2) is 8.08. The molecule has 1 unspecified atom stereocenters. The molecule has 1 atom stereocenters. The molecule has 1 fully saturated rings. The van der Waals surface area contributed by atoms with Crippen molar-refractivity contribution in [2.45, 2.75) is 36.2 Å². The van der Waals surface area contributed by atoms with E-state index in [2.05, 4.69) is 10.0 Å². The summed E-state index contributed by atoms with van der Waals surface area (Å²) in [7, 11) is -2.31. The maximum absolute atomic E-state index is 12.5. The number of sulfonamides is 1. The molecule has 0 aromatic heterocycles. The lowest BCUT2D eigenvalue weighted by atomic mass is 10.0. The van der Waals surface area contributed by atoms with Gasteiger partial charge in [-0.15, -0.1) is 0 Å². The van der Waals surface area contributed by atoms with E-state index in [0.717, 1.165) is 18.4 Å². The minimum atomic E-state index is -3.72. The number of nitrogens with one attached hydrogen (secondary N) is 2. The van der Waals surface area contributed by atoms with Gasteiger partial charge < -0.3 is 15.8 Å². The molecule has 144 valence electrons. The van der Waals surface area contributed by atoms with Crippen LogP contribution >= 0.6 is 0 Å². The molecule has 0 saturated heterocycles. The van der Waals surface area contributed by atoms with E-state index in [9.17, 15) is 13.2 Å². The molecular formula is C19H23N3O4S. The molecule has 2 aromatic carbocycles. The van der Waals surface area contributed by atoms with Gasteiger partial charge in [-0.1, -0.05) is 30.3 Å². The molecule has 27 heavy (non-hydrogen) atoms. The van der Waals surface area contributed by atoms with Crippen molar-refractivity contribution in [3.05, 3.63) is 54.1 Å². The lowest BCUT2D eigenvalue weighted by Gasteiger charge is -2.14. The fraction of sp³-hybridized carbons (Fsp3) is 0.316. The van der Waals surface area contributed by atoms with E-state index in [-0.39, 0.29) is 29.0 Å². The van der Waals surface area contributed by atoms with Crippen molar-refractivity contribution >= 4 is 21.6 Å². The molecule has 0 spiro atoms. The van der Waals surface area contributed by atoms with E-state index in [4.69, 9.17) is 10.5 Å². The fourth-order valence-corrected chi connectivity index (χ4v) is 4.18. The van der Waals surface area contributed by atoms with Gasteiger partial charge in [0.1, 0.15) is 10.6 Å². The predicted octanol–water partition coefficient (Wildman–Crippen LogP) is 2.16. The van der Waals surface area contributed by atoms with Gasteiger partial charge in [0.25, 0.3) is 0 Å². The van der Waals surface area contributed by atoms with Gasteiger partial charge in [0.05, 0.1) is 7.11 Å².